The maximum atomic E-state index is 14.1. The molecule has 6 nitrogen and oxygen atoms in total. The third kappa shape index (κ3) is 5.02. The Labute approximate surface area is 207 Å². The fraction of sp³-hybridized carbons (Fsp3) is 0.185. The van der Waals surface area contributed by atoms with E-state index >= 15 is 0 Å². The Hall–Kier alpha value is -3.78. The molecule has 2 aliphatic heterocycles. The molecule has 2 amide bonds. The molecule has 0 fully saturated rings. The van der Waals surface area contributed by atoms with Gasteiger partial charge >= 0.3 is 0 Å². The minimum atomic E-state index is -0.827. The van der Waals surface area contributed by atoms with Gasteiger partial charge in [0.1, 0.15) is 17.7 Å². The molecule has 0 saturated carbocycles. The van der Waals surface area contributed by atoms with Crippen LogP contribution >= 0.6 is 11.8 Å². The second-order valence-corrected chi connectivity index (χ2v) is 9.17. The van der Waals surface area contributed by atoms with Crippen molar-refractivity contribution in [3.8, 4) is 0 Å². The Morgan fingerprint density at radius 3 is 2.57 bits per heavy atom. The lowest BCUT2D eigenvalue weighted by Gasteiger charge is -2.25. The fourth-order valence-electron chi connectivity index (χ4n) is 4.03. The fourth-order valence-corrected chi connectivity index (χ4v) is 5.02. The van der Waals surface area contributed by atoms with Gasteiger partial charge in [-0.05, 0) is 35.7 Å². The van der Waals surface area contributed by atoms with E-state index in [0.717, 1.165) is 11.1 Å². The number of nitrogens with one attached hydrogen (secondary N) is 1. The van der Waals surface area contributed by atoms with Gasteiger partial charge in [0.15, 0.2) is 5.17 Å². The molecule has 176 valence electrons. The van der Waals surface area contributed by atoms with E-state index in [1.165, 1.54) is 22.7 Å². The van der Waals surface area contributed by atoms with Crippen LogP contribution in [0.1, 0.15) is 23.1 Å². The van der Waals surface area contributed by atoms with Gasteiger partial charge in [-0.25, -0.2) is 14.3 Å². The molecule has 5 rings (SSSR count). The van der Waals surface area contributed by atoms with Crippen LogP contribution in [0, 0.1) is 5.82 Å². The van der Waals surface area contributed by atoms with Gasteiger partial charge in [0.05, 0.1) is 12.1 Å². The lowest BCUT2D eigenvalue weighted by molar-refractivity contribution is -0.128. The van der Waals surface area contributed by atoms with Crippen molar-refractivity contribution >= 4 is 40.3 Å². The van der Waals surface area contributed by atoms with E-state index in [1.54, 1.807) is 18.2 Å². The Kier molecular flexibility index (Phi) is 6.72. The summed E-state index contributed by atoms with van der Waals surface area (Å²) in [6.07, 6.45) is 0.670. The summed E-state index contributed by atoms with van der Waals surface area (Å²) in [7, 11) is 0. The summed E-state index contributed by atoms with van der Waals surface area (Å²) >= 11 is 1.27. The van der Waals surface area contributed by atoms with Crippen molar-refractivity contribution in [2.75, 3.05) is 6.54 Å². The van der Waals surface area contributed by atoms with Crippen LogP contribution < -0.4 is 5.32 Å². The van der Waals surface area contributed by atoms with E-state index in [-0.39, 0.29) is 24.1 Å². The molecule has 1 N–H and O–H groups in total. The minimum Gasteiger partial charge on any atom is -0.356 e. The van der Waals surface area contributed by atoms with Crippen LogP contribution in [0.5, 0.6) is 0 Å². The second kappa shape index (κ2) is 10.2. The number of benzene rings is 3. The molecule has 0 bridgehead atoms. The van der Waals surface area contributed by atoms with Gasteiger partial charge in [0, 0.05) is 17.9 Å². The highest BCUT2D eigenvalue weighted by molar-refractivity contribution is 8.13. The van der Waals surface area contributed by atoms with Gasteiger partial charge in [0.25, 0.3) is 5.91 Å². The van der Waals surface area contributed by atoms with E-state index in [2.05, 4.69) is 15.3 Å². The Morgan fingerprint density at radius 1 is 1.00 bits per heavy atom. The molecule has 2 aliphatic rings. The molecule has 0 spiro atoms. The molecule has 35 heavy (non-hydrogen) atoms. The SMILES string of the molecule is O=C(C[C@@H]1N=C2c3ccccc3N=C(SCc3ccccc3F)N2C1=O)NCCc1ccccc1. The zero-order valence-electron chi connectivity index (χ0n) is 18.9. The van der Waals surface area contributed by atoms with Crippen LogP contribution in [0.3, 0.4) is 0 Å². The molecule has 0 saturated heterocycles. The highest BCUT2D eigenvalue weighted by Gasteiger charge is 2.42. The van der Waals surface area contributed by atoms with E-state index in [4.69, 9.17) is 0 Å². The maximum Gasteiger partial charge on any atom is 0.259 e. The van der Waals surface area contributed by atoms with E-state index in [1.807, 2.05) is 54.6 Å². The van der Waals surface area contributed by atoms with Gasteiger partial charge in [-0.15, -0.1) is 0 Å². The number of hydrogen-bond donors (Lipinski definition) is 1. The van der Waals surface area contributed by atoms with Crippen LogP contribution in [0.15, 0.2) is 88.8 Å². The number of carbonyl (C=O) groups is 2. The van der Waals surface area contributed by atoms with Crippen molar-refractivity contribution in [2.45, 2.75) is 24.6 Å². The van der Waals surface area contributed by atoms with E-state index < -0.39 is 6.04 Å². The molecule has 8 heteroatoms. The number of thioether (sulfide) groups is 1. The molecule has 3 aromatic carbocycles. The Morgan fingerprint density at radius 2 is 1.74 bits per heavy atom. The first-order valence-electron chi connectivity index (χ1n) is 11.4. The zero-order valence-corrected chi connectivity index (χ0v) is 19.7. The van der Waals surface area contributed by atoms with Crippen LogP contribution in [-0.4, -0.2) is 40.3 Å². The number of para-hydroxylation sites is 1. The molecule has 3 aromatic rings. The van der Waals surface area contributed by atoms with E-state index in [9.17, 15) is 14.0 Å². The largest absolute Gasteiger partial charge is 0.356 e. The summed E-state index contributed by atoms with van der Waals surface area (Å²) in [4.78, 5) is 36.7. The molecular formula is C27H23FN4O2S. The average molecular weight is 487 g/mol. The summed E-state index contributed by atoms with van der Waals surface area (Å²) < 4.78 is 14.1. The van der Waals surface area contributed by atoms with Crippen LogP contribution in [0.25, 0.3) is 0 Å². The quantitative estimate of drug-likeness (QED) is 0.536. The third-order valence-corrected chi connectivity index (χ3v) is 6.81. The third-order valence-electron chi connectivity index (χ3n) is 5.82. The second-order valence-electron chi connectivity index (χ2n) is 8.22. The summed E-state index contributed by atoms with van der Waals surface area (Å²) in [5.74, 6) is -0.0287. The molecule has 1 atom stereocenters. The number of carbonyl (C=O) groups excluding carboxylic acids is 2. The first kappa shape index (κ1) is 23.0. The maximum absolute atomic E-state index is 14.1. The average Bonchev–Trinajstić information content (AvgIpc) is 3.20. The summed E-state index contributed by atoms with van der Waals surface area (Å²) in [6.45, 7) is 0.484. The van der Waals surface area contributed by atoms with Crippen molar-refractivity contribution in [3.63, 3.8) is 0 Å². The lowest BCUT2D eigenvalue weighted by atomic mass is 10.1. The monoisotopic (exact) mass is 486 g/mol. The zero-order chi connectivity index (χ0) is 24.2. The van der Waals surface area contributed by atoms with E-state index in [0.29, 0.717) is 41.0 Å². The van der Waals surface area contributed by atoms with Crippen molar-refractivity contribution in [1.29, 1.82) is 0 Å². The first-order chi connectivity index (χ1) is 17.1. The number of amidine groups is 2. The van der Waals surface area contributed by atoms with Crippen molar-refractivity contribution in [1.82, 2.24) is 10.2 Å². The van der Waals surface area contributed by atoms with Crippen molar-refractivity contribution < 1.29 is 14.0 Å². The number of fused-ring (bicyclic) bond motifs is 3. The predicted octanol–water partition coefficient (Wildman–Crippen LogP) is 4.47. The number of aliphatic imine (C=N–C) groups is 2. The van der Waals surface area contributed by atoms with Crippen molar-refractivity contribution in [2.24, 2.45) is 9.98 Å². The van der Waals surface area contributed by atoms with Crippen molar-refractivity contribution in [3.05, 3.63) is 101 Å². The molecule has 0 radical (unpaired) electrons. The summed E-state index contributed by atoms with van der Waals surface area (Å²) in [5, 5.41) is 3.32. The highest BCUT2D eigenvalue weighted by atomic mass is 32.2. The summed E-state index contributed by atoms with van der Waals surface area (Å²) in [5.41, 5.74) is 3.09. The Bertz CT molecular complexity index is 1330. The number of amides is 2. The van der Waals surface area contributed by atoms with Gasteiger partial charge in [-0.3, -0.25) is 14.6 Å². The molecule has 0 unspecified atom stereocenters. The van der Waals surface area contributed by atoms with Gasteiger partial charge in [0.2, 0.25) is 5.91 Å². The van der Waals surface area contributed by atoms with Gasteiger partial charge < -0.3 is 5.32 Å². The number of rotatable bonds is 7. The Balaban J connectivity index is 1.30. The van der Waals surface area contributed by atoms with Crippen LogP contribution in [0.4, 0.5) is 10.1 Å². The first-order valence-corrected chi connectivity index (χ1v) is 12.4. The minimum absolute atomic E-state index is 0.0406. The number of nitrogens with zero attached hydrogens (tertiary/aromatic N) is 3. The molecular weight excluding hydrogens is 463 g/mol. The predicted molar refractivity (Wildman–Crippen MR) is 136 cm³/mol. The number of hydrogen-bond acceptors (Lipinski definition) is 5. The smallest absolute Gasteiger partial charge is 0.259 e. The van der Waals surface area contributed by atoms with Gasteiger partial charge in [-0.1, -0.05) is 72.4 Å². The van der Waals surface area contributed by atoms with Crippen LogP contribution in [-0.2, 0) is 21.8 Å². The normalized spacial score (nSPS) is 16.3. The summed E-state index contributed by atoms with van der Waals surface area (Å²) in [6, 6.07) is 23.0. The number of halogens is 1. The van der Waals surface area contributed by atoms with Gasteiger partial charge in [-0.2, -0.15) is 0 Å². The molecule has 0 aromatic heterocycles. The molecule has 2 heterocycles. The molecule has 0 aliphatic carbocycles. The highest BCUT2D eigenvalue weighted by Crippen LogP contribution is 2.35. The standard InChI is InChI=1S/C27H23FN4O2S/c28-21-12-6-4-10-19(21)17-35-27-31-22-13-7-5-11-20(22)25-30-23(26(34)32(25)27)16-24(33)29-15-14-18-8-2-1-3-9-18/h1-13,23H,14-17H2,(H,29,33)/t23-/m0/s1. The topological polar surface area (TPSA) is 74.1 Å². The van der Waals surface area contributed by atoms with Crippen LogP contribution in [0.2, 0.25) is 0 Å². The lowest BCUT2D eigenvalue weighted by Crippen LogP contribution is -2.42.